The topological polar surface area (TPSA) is 133 Å². The molecule has 3 aliphatic rings. The van der Waals surface area contributed by atoms with Gasteiger partial charge in [-0.2, -0.15) is 0 Å². The fraction of sp³-hybridized carbons (Fsp3) is 0.317. The maximum absolute atomic E-state index is 13.3. The van der Waals surface area contributed by atoms with Crippen LogP contribution in [0.5, 0.6) is 0 Å². The first-order chi connectivity index (χ1) is 25.8. The molecule has 3 aliphatic heterocycles. The Balaban J connectivity index is 0.958. The molecule has 8 rings (SSSR count). The molecule has 4 aromatic carbocycles. The van der Waals surface area contributed by atoms with Gasteiger partial charge in [0.05, 0.1) is 31.0 Å². The van der Waals surface area contributed by atoms with E-state index in [-0.39, 0.29) is 36.2 Å². The zero-order valence-electron chi connectivity index (χ0n) is 29.3. The molecule has 1 aromatic heterocycles. The number of aliphatic hydroxyl groups excluding tert-OH is 1. The van der Waals surface area contributed by atoms with Crippen LogP contribution in [0.3, 0.4) is 0 Å². The van der Waals surface area contributed by atoms with E-state index in [1.54, 1.807) is 24.4 Å². The third-order valence-electron chi connectivity index (χ3n) is 10.8. The molecule has 3 fully saturated rings. The van der Waals surface area contributed by atoms with Gasteiger partial charge in [0.2, 0.25) is 15.9 Å². The van der Waals surface area contributed by atoms with E-state index in [0.29, 0.717) is 38.0 Å². The lowest BCUT2D eigenvalue weighted by Gasteiger charge is -2.45. The van der Waals surface area contributed by atoms with Gasteiger partial charge < -0.3 is 29.7 Å². The molecular weight excluding hydrogens is 691 g/mol. The van der Waals surface area contributed by atoms with Crippen LogP contribution in [0.2, 0.25) is 0 Å². The third-order valence-corrected chi connectivity index (χ3v) is 12.2. The highest BCUT2D eigenvalue weighted by molar-refractivity contribution is 7.89. The van der Waals surface area contributed by atoms with E-state index in [2.05, 4.69) is 37.0 Å². The van der Waals surface area contributed by atoms with Crippen molar-refractivity contribution in [1.82, 2.24) is 19.9 Å². The summed E-state index contributed by atoms with van der Waals surface area (Å²) in [6.07, 6.45) is 2.64. The highest BCUT2D eigenvalue weighted by Gasteiger charge is 2.50. The van der Waals surface area contributed by atoms with Crippen LogP contribution in [0.4, 0.5) is 5.69 Å². The molecule has 53 heavy (non-hydrogen) atoms. The molecule has 11 nitrogen and oxygen atoms in total. The van der Waals surface area contributed by atoms with Gasteiger partial charge in [-0.3, -0.25) is 9.78 Å². The molecule has 274 valence electrons. The lowest BCUT2D eigenvalue weighted by molar-refractivity contribution is -0.253. The predicted octanol–water partition coefficient (Wildman–Crippen LogP) is 5.18. The number of sulfonamides is 1. The van der Waals surface area contributed by atoms with E-state index in [9.17, 15) is 18.3 Å². The van der Waals surface area contributed by atoms with Crippen molar-refractivity contribution in [1.29, 1.82) is 0 Å². The maximum atomic E-state index is 13.3. The number of ether oxygens (including phenoxy) is 2. The lowest BCUT2D eigenvalue weighted by atomic mass is 9.85. The average molecular weight is 734 g/mol. The van der Waals surface area contributed by atoms with Crippen molar-refractivity contribution < 1.29 is 27.8 Å². The first-order valence-electron chi connectivity index (χ1n) is 18.1. The standard InChI is InChI=1S/C41H43N5O6S/c47-27-30-13-15-31(16-14-30)36-24-35(26-45-22-19-41(20-23-45)40(48)43-28-46(41)34-8-2-1-3-9-34)51-39(52-36)33-17-11-29(12-18-33)25-44-53(49,50)37-10-4-6-32-7-5-21-42-38(32)37/h1-18,21,35-36,39,44,47H,19-20,22-28H2,(H,43,48). The van der Waals surface area contributed by atoms with Crippen LogP contribution in [0, 0.1) is 0 Å². The Kier molecular flexibility index (Phi) is 9.99. The van der Waals surface area contributed by atoms with Gasteiger partial charge in [0.15, 0.2) is 6.29 Å². The minimum atomic E-state index is -3.81. The van der Waals surface area contributed by atoms with Crippen molar-refractivity contribution in [2.75, 3.05) is 31.2 Å². The lowest BCUT2D eigenvalue weighted by Crippen LogP contribution is -2.57. The minimum absolute atomic E-state index is 0.0301. The van der Waals surface area contributed by atoms with Gasteiger partial charge in [-0.05, 0) is 53.8 Å². The molecule has 1 amide bonds. The Morgan fingerprint density at radius 1 is 0.849 bits per heavy atom. The van der Waals surface area contributed by atoms with E-state index in [0.717, 1.165) is 46.4 Å². The molecule has 12 heteroatoms. The quantitative estimate of drug-likeness (QED) is 0.178. The molecule has 3 N–H and O–H groups in total. The number of hydrogen-bond acceptors (Lipinski definition) is 9. The highest BCUT2D eigenvalue weighted by atomic mass is 32.2. The number of para-hydroxylation sites is 2. The number of nitrogens with one attached hydrogen (secondary N) is 2. The molecule has 3 unspecified atom stereocenters. The molecule has 0 radical (unpaired) electrons. The molecule has 4 heterocycles. The number of aromatic nitrogens is 1. The Morgan fingerprint density at radius 3 is 2.32 bits per heavy atom. The van der Waals surface area contributed by atoms with Crippen molar-refractivity contribution in [2.24, 2.45) is 0 Å². The number of likely N-dealkylation sites (tertiary alicyclic amines) is 1. The molecule has 5 aromatic rings. The van der Waals surface area contributed by atoms with Crippen LogP contribution in [0.25, 0.3) is 10.9 Å². The first kappa shape index (κ1) is 35.3. The Morgan fingerprint density at radius 2 is 1.57 bits per heavy atom. The summed E-state index contributed by atoms with van der Waals surface area (Å²) < 4.78 is 42.5. The fourth-order valence-electron chi connectivity index (χ4n) is 7.80. The molecule has 0 saturated carbocycles. The number of hydrogen-bond donors (Lipinski definition) is 3. The van der Waals surface area contributed by atoms with E-state index < -0.39 is 21.9 Å². The number of amides is 1. The van der Waals surface area contributed by atoms with Gasteiger partial charge in [0, 0.05) is 55.4 Å². The predicted molar refractivity (Wildman–Crippen MR) is 201 cm³/mol. The summed E-state index contributed by atoms with van der Waals surface area (Å²) in [6, 6.07) is 34.3. The van der Waals surface area contributed by atoms with Crippen LogP contribution < -0.4 is 14.9 Å². The molecule has 1 spiro atoms. The number of carbonyl (C=O) groups excluding carboxylic acids is 1. The fourth-order valence-corrected chi connectivity index (χ4v) is 9.00. The molecule has 0 bridgehead atoms. The number of anilines is 1. The van der Waals surface area contributed by atoms with Crippen molar-refractivity contribution >= 4 is 32.5 Å². The van der Waals surface area contributed by atoms with Gasteiger partial charge in [-0.1, -0.05) is 84.9 Å². The smallest absolute Gasteiger partial charge is 0.247 e. The zero-order valence-corrected chi connectivity index (χ0v) is 30.1. The second-order valence-corrected chi connectivity index (χ2v) is 15.7. The third kappa shape index (κ3) is 7.30. The summed E-state index contributed by atoms with van der Waals surface area (Å²) in [5.41, 5.74) is 4.38. The summed E-state index contributed by atoms with van der Waals surface area (Å²) in [5.74, 6) is 0.0941. The molecule has 0 aliphatic carbocycles. The first-order valence-corrected chi connectivity index (χ1v) is 19.6. The monoisotopic (exact) mass is 733 g/mol. The number of nitrogens with zero attached hydrogens (tertiary/aromatic N) is 3. The van der Waals surface area contributed by atoms with Crippen LogP contribution in [0.15, 0.2) is 120 Å². The number of rotatable bonds is 10. The maximum Gasteiger partial charge on any atom is 0.247 e. The summed E-state index contributed by atoms with van der Waals surface area (Å²) in [7, 11) is -3.81. The van der Waals surface area contributed by atoms with Crippen molar-refractivity contribution in [3.8, 4) is 0 Å². The number of piperidine rings is 1. The largest absolute Gasteiger partial charge is 0.392 e. The van der Waals surface area contributed by atoms with Gasteiger partial charge >= 0.3 is 0 Å². The van der Waals surface area contributed by atoms with Crippen molar-refractivity contribution in [2.45, 2.75) is 61.3 Å². The Hall–Kier alpha value is -4.69. The van der Waals surface area contributed by atoms with E-state index in [1.165, 1.54) is 0 Å². The van der Waals surface area contributed by atoms with Crippen LogP contribution in [0.1, 0.15) is 53.9 Å². The average Bonchev–Trinajstić information content (AvgIpc) is 3.52. The van der Waals surface area contributed by atoms with Crippen LogP contribution in [-0.2, 0) is 37.4 Å². The molecule has 3 saturated heterocycles. The van der Waals surface area contributed by atoms with E-state index in [1.807, 2.05) is 78.9 Å². The highest BCUT2D eigenvalue weighted by Crippen LogP contribution is 2.40. The van der Waals surface area contributed by atoms with Crippen LogP contribution in [-0.4, -0.2) is 67.3 Å². The molecule has 3 atom stereocenters. The molecular formula is C41H43N5O6S. The number of benzene rings is 4. The normalized spacial score (nSPS) is 21.9. The van der Waals surface area contributed by atoms with Crippen molar-refractivity contribution in [3.63, 3.8) is 0 Å². The number of pyridine rings is 1. The second-order valence-electron chi connectivity index (χ2n) is 14.0. The summed E-state index contributed by atoms with van der Waals surface area (Å²) in [4.78, 5) is 22.3. The van der Waals surface area contributed by atoms with Gasteiger partial charge in [-0.15, -0.1) is 0 Å². The SMILES string of the molecule is O=C1NCN(c2ccccc2)C12CCN(CC1CC(c3ccc(CO)cc3)OC(c3ccc(CNS(=O)(=O)c4cccc5cccnc45)cc3)O1)CC2. The van der Waals surface area contributed by atoms with E-state index in [4.69, 9.17) is 9.47 Å². The number of aliphatic hydroxyl groups is 1. The number of fused-ring (bicyclic) bond motifs is 1. The van der Waals surface area contributed by atoms with Crippen molar-refractivity contribution in [3.05, 3.63) is 138 Å². The minimum Gasteiger partial charge on any atom is -0.392 e. The van der Waals surface area contributed by atoms with Gasteiger partial charge in [-0.25, -0.2) is 13.1 Å². The van der Waals surface area contributed by atoms with Gasteiger partial charge in [0.1, 0.15) is 10.4 Å². The van der Waals surface area contributed by atoms with Gasteiger partial charge in [0.25, 0.3) is 0 Å². The summed E-state index contributed by atoms with van der Waals surface area (Å²) in [6.45, 7) is 2.80. The zero-order chi connectivity index (χ0) is 36.4. The second kappa shape index (κ2) is 15.0. The summed E-state index contributed by atoms with van der Waals surface area (Å²) >= 11 is 0. The number of carbonyl (C=O) groups is 1. The Labute approximate surface area is 309 Å². The summed E-state index contributed by atoms with van der Waals surface area (Å²) in [5, 5.41) is 13.5. The van der Waals surface area contributed by atoms with E-state index >= 15 is 0 Å². The Bertz CT molecular complexity index is 2150. The van der Waals surface area contributed by atoms with Crippen LogP contribution >= 0.6 is 0 Å².